The van der Waals surface area contributed by atoms with E-state index < -0.39 is 35.7 Å². The summed E-state index contributed by atoms with van der Waals surface area (Å²) < 4.78 is 0. The minimum atomic E-state index is -0.856. The Morgan fingerprint density at radius 3 is 1.65 bits per heavy atom. The molecule has 0 heterocycles. The molecule has 0 saturated carbocycles. The van der Waals surface area contributed by atoms with Gasteiger partial charge in [-0.15, -0.1) is 0 Å². The number of carbonyl (C=O) groups excluding carboxylic acids is 5. The third kappa shape index (κ3) is 8.97. The monoisotopic (exact) mass is 372 g/mol. The molecule has 0 aromatic carbocycles. The third-order valence-corrected chi connectivity index (χ3v) is 3.42. The maximum atomic E-state index is 12.1. The van der Waals surface area contributed by atoms with E-state index in [0.29, 0.717) is 12.8 Å². The summed E-state index contributed by atoms with van der Waals surface area (Å²) in [5.74, 6) is -2.44. The van der Waals surface area contributed by atoms with E-state index in [1.54, 1.807) is 13.8 Å². The van der Waals surface area contributed by atoms with Crippen LogP contribution in [0.15, 0.2) is 0 Å². The molecule has 2 atom stereocenters. The summed E-state index contributed by atoms with van der Waals surface area (Å²) in [6.45, 7) is 2.55. The molecule has 0 radical (unpaired) electrons. The summed E-state index contributed by atoms with van der Waals surface area (Å²) in [4.78, 5) is 58.1. The molecule has 0 aromatic rings. The summed E-state index contributed by atoms with van der Waals surface area (Å²) in [7, 11) is 1.46. The molecular formula is C15H28N6O5. The first-order valence-electron chi connectivity index (χ1n) is 8.33. The molecule has 0 aliphatic carbocycles. The fourth-order valence-electron chi connectivity index (χ4n) is 1.91. The summed E-state index contributed by atoms with van der Waals surface area (Å²) in [5.41, 5.74) is 5.10. The van der Waals surface area contributed by atoms with E-state index in [2.05, 4.69) is 26.6 Å². The van der Waals surface area contributed by atoms with Crippen LogP contribution < -0.4 is 32.3 Å². The van der Waals surface area contributed by atoms with Crippen LogP contribution in [0.5, 0.6) is 0 Å². The maximum Gasteiger partial charge on any atom is 0.243 e. The van der Waals surface area contributed by atoms with Gasteiger partial charge in [-0.1, -0.05) is 13.8 Å². The lowest BCUT2D eigenvalue weighted by Gasteiger charge is -2.18. The quantitative estimate of drug-likeness (QED) is 0.222. The first-order valence-corrected chi connectivity index (χ1v) is 8.33. The molecule has 0 aliphatic rings. The largest absolute Gasteiger partial charge is 0.357 e. The summed E-state index contributed by atoms with van der Waals surface area (Å²) in [6, 6.07) is -1.54. The van der Waals surface area contributed by atoms with E-state index in [4.69, 9.17) is 5.73 Å². The van der Waals surface area contributed by atoms with Crippen molar-refractivity contribution < 1.29 is 24.0 Å². The molecule has 0 unspecified atom stereocenters. The number of carbonyl (C=O) groups is 5. The minimum Gasteiger partial charge on any atom is -0.357 e. The summed E-state index contributed by atoms with van der Waals surface area (Å²) in [5, 5.41) is 12.1. The predicted octanol–water partition coefficient (Wildman–Crippen LogP) is -3.29. The van der Waals surface area contributed by atoms with Crippen LogP contribution >= 0.6 is 0 Å². The molecule has 11 heteroatoms. The van der Waals surface area contributed by atoms with Crippen LogP contribution in [0, 0.1) is 0 Å². The van der Waals surface area contributed by atoms with Crippen molar-refractivity contribution in [3.8, 4) is 0 Å². The Hall–Kier alpha value is -2.69. The highest BCUT2D eigenvalue weighted by atomic mass is 16.2. The highest BCUT2D eigenvalue weighted by molar-refractivity contribution is 5.93. The Morgan fingerprint density at radius 1 is 0.769 bits per heavy atom. The fraction of sp³-hybridized carbons (Fsp3) is 0.667. The lowest BCUT2D eigenvalue weighted by molar-refractivity contribution is -0.131. The van der Waals surface area contributed by atoms with E-state index >= 15 is 0 Å². The van der Waals surface area contributed by atoms with Gasteiger partial charge in [0.2, 0.25) is 29.5 Å². The zero-order valence-corrected chi connectivity index (χ0v) is 15.3. The molecule has 5 amide bonds. The van der Waals surface area contributed by atoms with Gasteiger partial charge < -0.3 is 32.3 Å². The van der Waals surface area contributed by atoms with E-state index in [1.165, 1.54) is 7.05 Å². The van der Waals surface area contributed by atoms with Crippen molar-refractivity contribution in [2.24, 2.45) is 5.73 Å². The van der Waals surface area contributed by atoms with Crippen molar-refractivity contribution >= 4 is 29.5 Å². The number of rotatable bonds is 11. The first kappa shape index (κ1) is 23.3. The molecule has 11 nitrogen and oxygen atoms in total. The molecule has 0 aliphatic heterocycles. The normalized spacial score (nSPS) is 12.3. The van der Waals surface area contributed by atoms with Gasteiger partial charge in [0.25, 0.3) is 0 Å². The molecule has 0 saturated heterocycles. The summed E-state index contributed by atoms with van der Waals surface area (Å²) >= 11 is 0. The molecule has 26 heavy (non-hydrogen) atoms. The second-order valence-corrected chi connectivity index (χ2v) is 5.37. The third-order valence-electron chi connectivity index (χ3n) is 3.42. The Balaban J connectivity index is 4.40. The van der Waals surface area contributed by atoms with Crippen LogP contribution in [0.2, 0.25) is 0 Å². The number of hydrogen-bond donors (Lipinski definition) is 6. The lowest BCUT2D eigenvalue weighted by atomic mass is 10.2. The van der Waals surface area contributed by atoms with E-state index in [0.717, 1.165) is 0 Å². The second-order valence-electron chi connectivity index (χ2n) is 5.37. The van der Waals surface area contributed by atoms with Crippen molar-refractivity contribution in [2.45, 2.75) is 38.8 Å². The van der Waals surface area contributed by atoms with Crippen molar-refractivity contribution in [3.05, 3.63) is 0 Å². The van der Waals surface area contributed by atoms with E-state index in [1.807, 2.05) is 0 Å². The molecule has 7 N–H and O–H groups in total. The van der Waals surface area contributed by atoms with Gasteiger partial charge in [0.05, 0.1) is 19.6 Å². The van der Waals surface area contributed by atoms with Crippen LogP contribution in [0.4, 0.5) is 0 Å². The Morgan fingerprint density at radius 2 is 1.23 bits per heavy atom. The standard InChI is InChI=1S/C15H28N6O5/c1-4-9(14(25)17-3)20-13(24)8-19-15(26)10(5-2)21-12(23)7-18-11(22)6-16/h9-10H,4-8,16H2,1-3H3,(H,17,25)(H,18,22)(H,19,26)(H,20,24)(H,21,23)/t9-,10-/m0/s1. The van der Waals surface area contributed by atoms with E-state index in [9.17, 15) is 24.0 Å². The molecule has 0 bridgehead atoms. The average molecular weight is 372 g/mol. The molecule has 0 spiro atoms. The van der Waals surface area contributed by atoms with Gasteiger partial charge in [-0.3, -0.25) is 24.0 Å². The summed E-state index contributed by atoms with van der Waals surface area (Å²) in [6.07, 6.45) is 0.696. The smallest absolute Gasteiger partial charge is 0.243 e. The van der Waals surface area contributed by atoms with Gasteiger partial charge in [0.1, 0.15) is 12.1 Å². The van der Waals surface area contributed by atoms with E-state index in [-0.39, 0.29) is 25.5 Å². The molecular weight excluding hydrogens is 344 g/mol. The zero-order chi connectivity index (χ0) is 20.1. The molecule has 148 valence electrons. The predicted molar refractivity (Wildman–Crippen MR) is 93.6 cm³/mol. The topological polar surface area (TPSA) is 172 Å². The number of hydrogen-bond acceptors (Lipinski definition) is 6. The average Bonchev–Trinajstić information content (AvgIpc) is 2.65. The fourth-order valence-corrected chi connectivity index (χ4v) is 1.91. The number of amides is 5. The number of nitrogens with one attached hydrogen (secondary N) is 5. The lowest BCUT2D eigenvalue weighted by Crippen LogP contribution is -2.52. The SMILES string of the molecule is CC[C@H](NC(=O)CNC(=O)[C@H](CC)NC(=O)CNC(=O)CN)C(=O)NC. The van der Waals surface area contributed by atoms with Crippen molar-refractivity contribution in [1.29, 1.82) is 0 Å². The second kappa shape index (κ2) is 12.6. The van der Waals surface area contributed by atoms with Gasteiger partial charge in [-0.05, 0) is 12.8 Å². The van der Waals surface area contributed by atoms with Crippen molar-refractivity contribution in [2.75, 3.05) is 26.7 Å². The highest BCUT2D eigenvalue weighted by Crippen LogP contribution is 1.93. The van der Waals surface area contributed by atoms with Gasteiger partial charge in [0, 0.05) is 7.05 Å². The minimum absolute atomic E-state index is 0.241. The Bertz CT molecular complexity index is 525. The first-order chi connectivity index (χ1) is 12.3. The van der Waals surface area contributed by atoms with Crippen LogP contribution in [-0.2, 0) is 24.0 Å². The Labute approximate surface area is 152 Å². The van der Waals surface area contributed by atoms with Crippen LogP contribution in [0.25, 0.3) is 0 Å². The van der Waals surface area contributed by atoms with Crippen LogP contribution in [0.1, 0.15) is 26.7 Å². The zero-order valence-electron chi connectivity index (χ0n) is 15.3. The van der Waals surface area contributed by atoms with Crippen LogP contribution in [0.3, 0.4) is 0 Å². The number of nitrogens with two attached hydrogens (primary N) is 1. The Kier molecular flexibility index (Phi) is 11.3. The molecule has 0 fully saturated rings. The molecule has 0 rings (SSSR count). The van der Waals surface area contributed by atoms with Crippen molar-refractivity contribution in [3.63, 3.8) is 0 Å². The van der Waals surface area contributed by atoms with Gasteiger partial charge in [0.15, 0.2) is 0 Å². The number of likely N-dealkylation sites (N-methyl/N-ethyl adjacent to an activating group) is 1. The highest BCUT2D eigenvalue weighted by Gasteiger charge is 2.21. The van der Waals surface area contributed by atoms with Crippen LogP contribution in [-0.4, -0.2) is 68.3 Å². The molecule has 0 aromatic heterocycles. The maximum absolute atomic E-state index is 12.1. The van der Waals surface area contributed by atoms with Crippen molar-refractivity contribution in [1.82, 2.24) is 26.6 Å². The van der Waals surface area contributed by atoms with Gasteiger partial charge >= 0.3 is 0 Å². The van der Waals surface area contributed by atoms with Gasteiger partial charge in [-0.2, -0.15) is 0 Å². The van der Waals surface area contributed by atoms with Gasteiger partial charge in [-0.25, -0.2) is 0 Å².